The van der Waals surface area contributed by atoms with Crippen LogP contribution in [-0.2, 0) is 10.2 Å². The van der Waals surface area contributed by atoms with Crippen molar-refractivity contribution in [2.75, 3.05) is 17.3 Å². The van der Waals surface area contributed by atoms with Gasteiger partial charge in [0.15, 0.2) is 0 Å². The van der Waals surface area contributed by atoms with Crippen LogP contribution in [0.3, 0.4) is 0 Å². The predicted octanol–water partition coefficient (Wildman–Crippen LogP) is 4.34. The zero-order valence-corrected chi connectivity index (χ0v) is 13.9. The average molecular weight is 345 g/mol. The third-order valence-electron chi connectivity index (χ3n) is 3.53. The lowest BCUT2D eigenvalue weighted by molar-refractivity contribution is -0.117. The molecule has 1 unspecified atom stereocenters. The summed E-state index contributed by atoms with van der Waals surface area (Å²) in [5.74, 6) is 0.971. The van der Waals surface area contributed by atoms with E-state index in [0.29, 0.717) is 12.3 Å². The van der Waals surface area contributed by atoms with E-state index in [1.165, 1.54) is 5.56 Å². The fraction of sp³-hybridized carbons (Fsp3) is 0.533. The Balaban J connectivity index is 2.30. The first-order chi connectivity index (χ1) is 8.82. The Hall–Kier alpha value is -0.540. The maximum absolute atomic E-state index is 12.0. The van der Waals surface area contributed by atoms with E-state index in [4.69, 9.17) is 11.6 Å². The summed E-state index contributed by atoms with van der Waals surface area (Å²) < 4.78 is 0.975. The minimum Gasteiger partial charge on any atom is -0.311 e. The molecule has 1 aromatic carbocycles. The molecule has 1 amide bonds. The van der Waals surface area contributed by atoms with Crippen LogP contribution in [0, 0.1) is 5.92 Å². The number of nitrogens with zero attached hydrogens (tertiary/aromatic N) is 1. The molecule has 0 saturated carbocycles. The Kier molecular flexibility index (Phi) is 4.26. The molecule has 2 nitrogen and oxygen atoms in total. The van der Waals surface area contributed by atoms with Crippen molar-refractivity contribution in [2.45, 2.75) is 32.6 Å². The summed E-state index contributed by atoms with van der Waals surface area (Å²) in [7, 11) is 0. The summed E-state index contributed by atoms with van der Waals surface area (Å²) in [6.07, 6.45) is 0.553. The molecule has 1 aromatic rings. The van der Waals surface area contributed by atoms with Crippen LogP contribution in [0.4, 0.5) is 5.69 Å². The van der Waals surface area contributed by atoms with Gasteiger partial charge in [0.05, 0.1) is 5.69 Å². The lowest BCUT2D eigenvalue weighted by atomic mass is 9.87. The van der Waals surface area contributed by atoms with Crippen LogP contribution in [-0.4, -0.2) is 18.3 Å². The minimum atomic E-state index is 0.106. The Bertz CT molecular complexity index is 495. The van der Waals surface area contributed by atoms with E-state index >= 15 is 0 Å². The van der Waals surface area contributed by atoms with Crippen molar-refractivity contribution in [2.24, 2.45) is 5.92 Å². The van der Waals surface area contributed by atoms with Gasteiger partial charge in [0.1, 0.15) is 0 Å². The Morgan fingerprint density at radius 3 is 2.58 bits per heavy atom. The van der Waals surface area contributed by atoms with Crippen LogP contribution in [0.25, 0.3) is 0 Å². The quantitative estimate of drug-likeness (QED) is 0.731. The molecule has 1 aliphatic rings. The number of carbonyl (C=O) groups is 1. The summed E-state index contributed by atoms with van der Waals surface area (Å²) in [4.78, 5) is 13.9. The lowest BCUT2D eigenvalue weighted by Crippen LogP contribution is -2.25. The smallest absolute Gasteiger partial charge is 0.227 e. The highest BCUT2D eigenvalue weighted by Gasteiger charge is 2.31. The molecule has 0 aliphatic carbocycles. The lowest BCUT2D eigenvalue weighted by Gasteiger charge is -2.23. The molecule has 2 rings (SSSR count). The summed E-state index contributed by atoms with van der Waals surface area (Å²) in [6, 6.07) is 6.23. The molecule has 0 bridgehead atoms. The molecule has 1 aliphatic heterocycles. The Morgan fingerprint density at radius 1 is 1.42 bits per heavy atom. The number of amides is 1. The van der Waals surface area contributed by atoms with Crippen LogP contribution in [0.1, 0.15) is 32.8 Å². The fourth-order valence-corrected chi connectivity index (χ4v) is 3.11. The summed E-state index contributed by atoms with van der Waals surface area (Å²) >= 11 is 9.45. The maximum Gasteiger partial charge on any atom is 0.227 e. The van der Waals surface area contributed by atoms with Gasteiger partial charge in [-0.15, -0.1) is 11.6 Å². The van der Waals surface area contributed by atoms with Crippen LogP contribution in [0.5, 0.6) is 0 Å². The van der Waals surface area contributed by atoms with Gasteiger partial charge in [-0.2, -0.15) is 0 Å². The van der Waals surface area contributed by atoms with Gasteiger partial charge < -0.3 is 4.90 Å². The maximum atomic E-state index is 12.0. The molecule has 0 spiro atoms. The van der Waals surface area contributed by atoms with Crippen molar-refractivity contribution in [3.63, 3.8) is 0 Å². The van der Waals surface area contributed by atoms with E-state index in [2.05, 4.69) is 48.8 Å². The first kappa shape index (κ1) is 14.9. The number of halogens is 2. The highest BCUT2D eigenvalue weighted by molar-refractivity contribution is 9.10. The van der Waals surface area contributed by atoms with Crippen molar-refractivity contribution in [3.8, 4) is 0 Å². The number of hydrogen-bond acceptors (Lipinski definition) is 1. The topological polar surface area (TPSA) is 20.3 Å². The van der Waals surface area contributed by atoms with Crippen molar-refractivity contribution in [3.05, 3.63) is 28.2 Å². The highest BCUT2D eigenvalue weighted by atomic mass is 79.9. The van der Waals surface area contributed by atoms with Crippen LogP contribution >= 0.6 is 27.5 Å². The summed E-state index contributed by atoms with van der Waals surface area (Å²) in [5, 5.41) is 0. The van der Waals surface area contributed by atoms with E-state index in [1.807, 2.05) is 11.0 Å². The van der Waals surface area contributed by atoms with Gasteiger partial charge in [-0.05, 0) is 45.0 Å². The normalized spacial score (nSPS) is 20.2. The zero-order chi connectivity index (χ0) is 14.2. The van der Waals surface area contributed by atoms with E-state index in [0.717, 1.165) is 16.7 Å². The number of anilines is 1. The van der Waals surface area contributed by atoms with Gasteiger partial charge in [0, 0.05) is 23.3 Å². The van der Waals surface area contributed by atoms with Crippen LogP contribution in [0.2, 0.25) is 0 Å². The largest absolute Gasteiger partial charge is 0.311 e. The highest BCUT2D eigenvalue weighted by Crippen LogP contribution is 2.35. The molecule has 4 heteroatoms. The molecule has 1 saturated heterocycles. The third-order valence-corrected chi connectivity index (χ3v) is 4.60. The Labute approximate surface area is 128 Å². The SMILES string of the molecule is CC(C)(C)c1ccc(N2CC(CCl)CC2=O)c(Br)c1. The Morgan fingerprint density at radius 2 is 2.11 bits per heavy atom. The number of rotatable bonds is 2. The summed E-state index contributed by atoms with van der Waals surface area (Å²) in [5.41, 5.74) is 2.31. The van der Waals surface area contributed by atoms with E-state index in [-0.39, 0.29) is 17.2 Å². The van der Waals surface area contributed by atoms with E-state index < -0.39 is 0 Å². The molecule has 1 atom stereocenters. The molecule has 0 aromatic heterocycles. The van der Waals surface area contributed by atoms with Gasteiger partial charge in [0.25, 0.3) is 0 Å². The first-order valence-corrected chi connectivity index (χ1v) is 7.82. The van der Waals surface area contributed by atoms with Crippen molar-refractivity contribution in [1.29, 1.82) is 0 Å². The second-order valence-corrected chi connectivity index (χ2v) is 7.31. The number of carbonyl (C=O) groups excluding carboxylic acids is 1. The standard InChI is InChI=1S/C15H19BrClNO/c1-15(2,3)11-4-5-13(12(16)7-11)18-9-10(8-17)6-14(18)19/h4-5,7,10H,6,8-9H2,1-3H3. The van der Waals surface area contributed by atoms with Crippen LogP contribution in [0.15, 0.2) is 22.7 Å². The summed E-state index contributed by atoms with van der Waals surface area (Å²) in [6.45, 7) is 7.26. The first-order valence-electron chi connectivity index (χ1n) is 6.49. The average Bonchev–Trinajstić information content (AvgIpc) is 2.69. The van der Waals surface area contributed by atoms with Crippen LogP contribution < -0.4 is 4.90 Å². The fourth-order valence-electron chi connectivity index (χ4n) is 2.31. The predicted molar refractivity (Wildman–Crippen MR) is 84.0 cm³/mol. The van der Waals surface area contributed by atoms with Gasteiger partial charge in [-0.1, -0.05) is 26.8 Å². The van der Waals surface area contributed by atoms with Crippen molar-refractivity contribution in [1.82, 2.24) is 0 Å². The van der Waals surface area contributed by atoms with E-state index in [9.17, 15) is 4.79 Å². The molecule has 0 radical (unpaired) electrons. The molecule has 19 heavy (non-hydrogen) atoms. The van der Waals surface area contributed by atoms with Gasteiger partial charge >= 0.3 is 0 Å². The molecule has 104 valence electrons. The second kappa shape index (κ2) is 5.45. The second-order valence-electron chi connectivity index (χ2n) is 6.14. The molecule has 0 N–H and O–H groups in total. The number of benzene rings is 1. The van der Waals surface area contributed by atoms with Crippen molar-refractivity contribution < 1.29 is 4.79 Å². The molecule has 1 heterocycles. The van der Waals surface area contributed by atoms with Gasteiger partial charge in [-0.25, -0.2) is 0 Å². The molecular weight excluding hydrogens is 326 g/mol. The van der Waals surface area contributed by atoms with Gasteiger partial charge in [-0.3, -0.25) is 4.79 Å². The molecule has 1 fully saturated rings. The third kappa shape index (κ3) is 3.14. The zero-order valence-electron chi connectivity index (χ0n) is 11.5. The minimum absolute atomic E-state index is 0.106. The monoisotopic (exact) mass is 343 g/mol. The molecular formula is C15H19BrClNO. The van der Waals surface area contributed by atoms with E-state index in [1.54, 1.807) is 0 Å². The number of alkyl halides is 1. The van der Waals surface area contributed by atoms with Crippen molar-refractivity contribution >= 4 is 39.1 Å². The van der Waals surface area contributed by atoms with Gasteiger partial charge in [0.2, 0.25) is 5.91 Å². The number of hydrogen-bond donors (Lipinski definition) is 0.